The molecule has 0 spiro atoms. The Labute approximate surface area is 125 Å². The average molecular weight is 312 g/mol. The van der Waals surface area contributed by atoms with Gasteiger partial charge in [-0.05, 0) is 49.4 Å². The van der Waals surface area contributed by atoms with Crippen molar-refractivity contribution in [2.45, 2.75) is 30.7 Å². The van der Waals surface area contributed by atoms with E-state index in [4.69, 9.17) is 0 Å². The molecule has 6 heteroatoms. The van der Waals surface area contributed by atoms with Crippen LogP contribution in [0, 0.1) is 17.7 Å². The molecule has 0 aromatic heterocycles. The van der Waals surface area contributed by atoms with Gasteiger partial charge in [-0.3, -0.25) is 0 Å². The molecule has 2 fully saturated rings. The summed E-state index contributed by atoms with van der Waals surface area (Å²) in [6, 6.07) is 4.01. The van der Waals surface area contributed by atoms with E-state index in [1.165, 1.54) is 12.5 Å². The molecule has 1 aromatic carbocycles. The molecular formula is C15H21FN2O2S. The summed E-state index contributed by atoms with van der Waals surface area (Å²) in [6.07, 6.45) is 3.43. The Bertz CT molecular complexity index is 621. The molecule has 1 saturated heterocycles. The van der Waals surface area contributed by atoms with Crippen molar-refractivity contribution in [3.63, 3.8) is 0 Å². The second kappa shape index (κ2) is 5.66. The van der Waals surface area contributed by atoms with Gasteiger partial charge in [0.2, 0.25) is 10.0 Å². The van der Waals surface area contributed by atoms with Crippen LogP contribution in [-0.2, 0) is 16.6 Å². The Hall–Kier alpha value is -0.980. The predicted molar refractivity (Wildman–Crippen MR) is 78.8 cm³/mol. The predicted octanol–water partition coefficient (Wildman–Crippen LogP) is 1.97. The number of sulfonamides is 1. The fourth-order valence-electron chi connectivity index (χ4n) is 3.63. The van der Waals surface area contributed by atoms with Crippen molar-refractivity contribution in [1.82, 2.24) is 9.62 Å². The van der Waals surface area contributed by atoms with E-state index in [1.807, 2.05) is 0 Å². The van der Waals surface area contributed by atoms with Gasteiger partial charge in [-0.1, -0.05) is 12.5 Å². The van der Waals surface area contributed by atoms with Crippen molar-refractivity contribution < 1.29 is 12.8 Å². The van der Waals surface area contributed by atoms with E-state index in [1.54, 1.807) is 17.4 Å². The van der Waals surface area contributed by atoms with Crippen LogP contribution < -0.4 is 5.32 Å². The fraction of sp³-hybridized carbons (Fsp3) is 0.600. The molecule has 21 heavy (non-hydrogen) atoms. The third-order valence-electron chi connectivity index (χ3n) is 4.71. The van der Waals surface area contributed by atoms with Gasteiger partial charge in [0.05, 0.1) is 4.90 Å². The lowest BCUT2D eigenvalue weighted by molar-refractivity contribution is 0.444. The highest BCUT2D eigenvalue weighted by molar-refractivity contribution is 7.89. The molecule has 2 aliphatic rings. The van der Waals surface area contributed by atoms with Crippen molar-refractivity contribution in [3.8, 4) is 0 Å². The summed E-state index contributed by atoms with van der Waals surface area (Å²) in [7, 11) is -1.85. The lowest BCUT2D eigenvalue weighted by Crippen LogP contribution is -2.31. The van der Waals surface area contributed by atoms with Crippen LogP contribution in [0.15, 0.2) is 23.1 Å². The van der Waals surface area contributed by atoms with E-state index in [9.17, 15) is 12.8 Å². The zero-order chi connectivity index (χ0) is 15.0. The van der Waals surface area contributed by atoms with Crippen molar-refractivity contribution in [2.75, 3.05) is 20.1 Å². The van der Waals surface area contributed by atoms with Gasteiger partial charge in [-0.15, -0.1) is 0 Å². The third-order valence-corrected chi connectivity index (χ3v) is 6.62. The van der Waals surface area contributed by atoms with Gasteiger partial charge in [-0.25, -0.2) is 12.8 Å². The molecule has 4 nitrogen and oxygen atoms in total. The quantitative estimate of drug-likeness (QED) is 0.925. The highest BCUT2D eigenvalue weighted by Crippen LogP contribution is 2.40. The SMILES string of the molecule is CNCc1ccc(F)cc1S(=O)(=O)N1CC2CCCC2C1. The first kappa shape index (κ1) is 14.9. The van der Waals surface area contributed by atoms with Crippen LogP contribution in [0.4, 0.5) is 4.39 Å². The second-order valence-electron chi connectivity index (χ2n) is 6.06. The first-order chi connectivity index (χ1) is 10.0. The van der Waals surface area contributed by atoms with Crippen LogP contribution in [0.5, 0.6) is 0 Å². The molecule has 2 unspecified atom stereocenters. The smallest absolute Gasteiger partial charge is 0.243 e. The Balaban J connectivity index is 1.93. The molecule has 1 aromatic rings. The van der Waals surface area contributed by atoms with Crippen LogP contribution in [-0.4, -0.2) is 32.9 Å². The number of nitrogens with zero attached hydrogens (tertiary/aromatic N) is 1. The summed E-state index contributed by atoms with van der Waals surface area (Å²) in [5.74, 6) is 0.468. The van der Waals surface area contributed by atoms with Gasteiger partial charge in [0, 0.05) is 19.6 Å². The number of fused-ring (bicyclic) bond motifs is 1. The molecule has 1 saturated carbocycles. The number of halogens is 1. The minimum absolute atomic E-state index is 0.108. The summed E-state index contributed by atoms with van der Waals surface area (Å²) in [5.41, 5.74) is 0.621. The monoisotopic (exact) mass is 312 g/mol. The lowest BCUT2D eigenvalue weighted by atomic mass is 10.0. The molecule has 1 aliphatic carbocycles. The largest absolute Gasteiger partial charge is 0.316 e. The maximum atomic E-state index is 13.5. The van der Waals surface area contributed by atoms with Crippen molar-refractivity contribution in [2.24, 2.45) is 11.8 Å². The molecule has 0 amide bonds. The second-order valence-corrected chi connectivity index (χ2v) is 7.96. The van der Waals surface area contributed by atoms with E-state index in [0.717, 1.165) is 18.9 Å². The minimum atomic E-state index is -3.60. The molecule has 1 N–H and O–H groups in total. The summed E-state index contributed by atoms with van der Waals surface area (Å²) >= 11 is 0. The van der Waals surface area contributed by atoms with Crippen molar-refractivity contribution >= 4 is 10.0 Å². The van der Waals surface area contributed by atoms with Gasteiger partial charge >= 0.3 is 0 Å². The highest BCUT2D eigenvalue weighted by atomic mass is 32.2. The molecule has 0 bridgehead atoms. The summed E-state index contributed by atoms with van der Waals surface area (Å²) in [5, 5.41) is 2.94. The average Bonchev–Trinajstić information content (AvgIpc) is 3.02. The Morgan fingerprint density at radius 1 is 1.29 bits per heavy atom. The summed E-state index contributed by atoms with van der Waals surface area (Å²) in [4.78, 5) is 0.108. The summed E-state index contributed by atoms with van der Waals surface area (Å²) in [6.45, 7) is 1.58. The standard InChI is InChI=1S/C15H21FN2O2S/c1-17-8-11-5-6-14(16)7-15(11)21(19,20)18-9-12-3-2-4-13(12)10-18/h5-7,12-13,17H,2-4,8-10H2,1H3. The number of hydrogen-bond donors (Lipinski definition) is 1. The van der Waals surface area contributed by atoms with E-state index < -0.39 is 15.8 Å². The number of nitrogens with one attached hydrogen (secondary N) is 1. The van der Waals surface area contributed by atoms with E-state index in [2.05, 4.69) is 5.32 Å². The van der Waals surface area contributed by atoms with Crippen LogP contribution >= 0.6 is 0 Å². The first-order valence-electron chi connectivity index (χ1n) is 7.45. The fourth-order valence-corrected chi connectivity index (χ4v) is 5.42. The van der Waals surface area contributed by atoms with Crippen molar-refractivity contribution in [1.29, 1.82) is 0 Å². The normalized spacial score (nSPS) is 26.2. The van der Waals surface area contributed by atoms with Gasteiger partial charge in [0.1, 0.15) is 5.82 Å². The molecule has 1 heterocycles. The van der Waals surface area contributed by atoms with Gasteiger partial charge < -0.3 is 5.32 Å². The van der Waals surface area contributed by atoms with Crippen LogP contribution in [0.3, 0.4) is 0 Å². The van der Waals surface area contributed by atoms with Crippen LogP contribution in [0.1, 0.15) is 24.8 Å². The zero-order valence-corrected chi connectivity index (χ0v) is 13.0. The maximum absolute atomic E-state index is 13.5. The van der Waals surface area contributed by atoms with Gasteiger partial charge in [0.15, 0.2) is 0 Å². The number of benzene rings is 1. The Morgan fingerprint density at radius 2 is 1.95 bits per heavy atom. The zero-order valence-electron chi connectivity index (χ0n) is 12.2. The van der Waals surface area contributed by atoms with Crippen molar-refractivity contribution in [3.05, 3.63) is 29.6 Å². The van der Waals surface area contributed by atoms with Crippen LogP contribution in [0.2, 0.25) is 0 Å². The van der Waals surface area contributed by atoms with E-state index >= 15 is 0 Å². The number of rotatable bonds is 4. The molecule has 3 rings (SSSR count). The number of hydrogen-bond acceptors (Lipinski definition) is 3. The third kappa shape index (κ3) is 2.72. The maximum Gasteiger partial charge on any atom is 0.243 e. The topological polar surface area (TPSA) is 49.4 Å². The Morgan fingerprint density at radius 3 is 2.57 bits per heavy atom. The lowest BCUT2D eigenvalue weighted by Gasteiger charge is -2.19. The molecule has 0 radical (unpaired) electrons. The Kier molecular flexibility index (Phi) is 4.03. The first-order valence-corrected chi connectivity index (χ1v) is 8.89. The molecular weight excluding hydrogens is 291 g/mol. The van der Waals surface area contributed by atoms with Gasteiger partial charge in [-0.2, -0.15) is 4.31 Å². The summed E-state index contributed by atoms with van der Waals surface area (Å²) < 4.78 is 40.8. The molecule has 116 valence electrons. The molecule has 1 aliphatic heterocycles. The van der Waals surface area contributed by atoms with E-state index in [-0.39, 0.29) is 4.90 Å². The van der Waals surface area contributed by atoms with Gasteiger partial charge in [0.25, 0.3) is 0 Å². The minimum Gasteiger partial charge on any atom is -0.316 e. The highest BCUT2D eigenvalue weighted by Gasteiger charge is 2.41. The molecule has 2 atom stereocenters. The van der Waals surface area contributed by atoms with E-state index in [0.29, 0.717) is 37.0 Å². The van der Waals surface area contributed by atoms with Crippen LogP contribution in [0.25, 0.3) is 0 Å².